The van der Waals surface area contributed by atoms with Gasteiger partial charge < -0.3 is 9.88 Å². The smallest absolute Gasteiger partial charge is 0.243 e. The lowest BCUT2D eigenvalue weighted by atomic mass is 10.0. The summed E-state index contributed by atoms with van der Waals surface area (Å²) in [4.78, 5) is 16.8. The molecule has 1 aromatic heterocycles. The molecule has 0 saturated carbocycles. The highest BCUT2D eigenvalue weighted by molar-refractivity contribution is 7.89. The van der Waals surface area contributed by atoms with Crippen LogP contribution in [0.2, 0.25) is 0 Å². The summed E-state index contributed by atoms with van der Waals surface area (Å²) in [5.74, 6) is -0.348. The quantitative estimate of drug-likeness (QED) is 0.720. The Morgan fingerprint density at radius 1 is 1.14 bits per heavy atom. The Hall–Kier alpha value is -2.71. The van der Waals surface area contributed by atoms with E-state index in [0.717, 1.165) is 33.4 Å². The second-order valence-electron chi connectivity index (χ2n) is 7.28. The van der Waals surface area contributed by atoms with E-state index in [4.69, 9.17) is 0 Å². The Kier molecular flexibility index (Phi) is 3.66. The molecule has 0 spiro atoms. The maximum Gasteiger partial charge on any atom is 0.243 e. The summed E-state index contributed by atoms with van der Waals surface area (Å²) in [6, 6.07) is 9.40. The number of hydrogen-bond acceptors (Lipinski definition) is 3. The van der Waals surface area contributed by atoms with Crippen LogP contribution in [0.25, 0.3) is 10.9 Å². The van der Waals surface area contributed by atoms with Crippen molar-refractivity contribution in [1.82, 2.24) is 9.29 Å². The largest absolute Gasteiger partial charge is 0.357 e. The lowest BCUT2D eigenvalue weighted by Gasteiger charge is -2.26. The topological polar surface area (TPSA) is 73.5 Å². The van der Waals surface area contributed by atoms with Crippen LogP contribution in [0.1, 0.15) is 16.8 Å². The standard InChI is InChI=1S/C20H18FN3O3S/c1-23-19-5-3-14(8-12(19)9-20(23)25)28(26,27)24-7-6-15-16-10-13(21)2-4-17(16)22-18(15)11-24/h2-5,8,10,22H,6-7,9,11H2,1H3. The Balaban J connectivity index is 1.50. The van der Waals surface area contributed by atoms with Gasteiger partial charge in [-0.3, -0.25) is 4.79 Å². The van der Waals surface area contributed by atoms with Gasteiger partial charge in [0.05, 0.1) is 17.9 Å². The summed E-state index contributed by atoms with van der Waals surface area (Å²) in [7, 11) is -2.01. The van der Waals surface area contributed by atoms with E-state index in [1.165, 1.54) is 16.4 Å². The number of nitrogens with zero attached hydrogens (tertiary/aromatic N) is 2. The van der Waals surface area contributed by atoms with E-state index in [1.54, 1.807) is 36.2 Å². The van der Waals surface area contributed by atoms with Crippen molar-refractivity contribution in [2.24, 2.45) is 0 Å². The van der Waals surface area contributed by atoms with Crippen molar-refractivity contribution in [3.8, 4) is 0 Å². The highest BCUT2D eigenvalue weighted by Crippen LogP contribution is 2.33. The number of benzene rings is 2. The number of rotatable bonds is 2. The number of aromatic amines is 1. The summed E-state index contributed by atoms with van der Waals surface area (Å²) in [6.07, 6.45) is 0.733. The normalized spacial score (nSPS) is 17.2. The molecular weight excluding hydrogens is 381 g/mol. The number of sulfonamides is 1. The van der Waals surface area contributed by atoms with E-state index in [9.17, 15) is 17.6 Å². The zero-order valence-corrected chi connectivity index (χ0v) is 16.0. The van der Waals surface area contributed by atoms with Crippen LogP contribution < -0.4 is 4.90 Å². The molecule has 0 atom stereocenters. The minimum Gasteiger partial charge on any atom is -0.357 e. The summed E-state index contributed by atoms with van der Waals surface area (Å²) in [6.45, 7) is 0.540. The van der Waals surface area contributed by atoms with Gasteiger partial charge in [-0.2, -0.15) is 4.31 Å². The Morgan fingerprint density at radius 3 is 2.79 bits per heavy atom. The average molecular weight is 399 g/mol. The van der Waals surface area contributed by atoms with E-state index in [0.29, 0.717) is 13.0 Å². The van der Waals surface area contributed by atoms with Gasteiger partial charge in [0.25, 0.3) is 0 Å². The molecule has 8 heteroatoms. The summed E-state index contributed by atoms with van der Waals surface area (Å²) >= 11 is 0. The van der Waals surface area contributed by atoms with Crippen LogP contribution in [0, 0.1) is 5.82 Å². The highest BCUT2D eigenvalue weighted by Gasteiger charge is 2.32. The van der Waals surface area contributed by atoms with E-state index >= 15 is 0 Å². The molecule has 1 N–H and O–H groups in total. The minimum atomic E-state index is -3.70. The molecule has 1 amide bonds. The van der Waals surface area contributed by atoms with Crippen molar-refractivity contribution in [3.63, 3.8) is 0 Å². The SMILES string of the molecule is CN1C(=O)Cc2cc(S(=O)(=O)N3CCc4c([nH]c5ccc(F)cc45)C3)ccc21. The first-order valence-corrected chi connectivity index (χ1v) is 10.5. The molecule has 28 heavy (non-hydrogen) atoms. The van der Waals surface area contributed by atoms with Crippen LogP contribution in [0.3, 0.4) is 0 Å². The molecule has 2 aliphatic heterocycles. The van der Waals surface area contributed by atoms with Crippen molar-refractivity contribution < 1.29 is 17.6 Å². The zero-order valence-electron chi connectivity index (χ0n) is 15.2. The average Bonchev–Trinajstić information content (AvgIpc) is 3.17. The number of H-pyrrole nitrogens is 1. The summed E-state index contributed by atoms with van der Waals surface area (Å²) in [5.41, 5.74) is 4.06. The molecule has 0 unspecified atom stereocenters. The van der Waals surface area contributed by atoms with Crippen molar-refractivity contribution in [1.29, 1.82) is 0 Å². The Labute approximate surface area is 161 Å². The summed E-state index contributed by atoms with van der Waals surface area (Å²) < 4.78 is 41.4. The number of carbonyl (C=O) groups is 1. The predicted octanol–water partition coefficient (Wildman–Crippen LogP) is 2.57. The number of likely N-dealkylation sites (N-methyl/N-ethyl adjacent to an activating group) is 1. The second kappa shape index (κ2) is 5.89. The lowest BCUT2D eigenvalue weighted by molar-refractivity contribution is -0.117. The first-order valence-electron chi connectivity index (χ1n) is 9.03. The second-order valence-corrected chi connectivity index (χ2v) is 9.22. The minimum absolute atomic E-state index is 0.0440. The van der Waals surface area contributed by atoms with E-state index in [-0.39, 0.29) is 29.6 Å². The number of hydrogen-bond donors (Lipinski definition) is 1. The molecule has 2 aromatic carbocycles. The molecule has 3 heterocycles. The molecule has 0 aliphatic carbocycles. The molecule has 0 bridgehead atoms. The molecule has 3 aromatic rings. The molecule has 0 radical (unpaired) electrons. The van der Waals surface area contributed by atoms with Crippen LogP contribution in [0.5, 0.6) is 0 Å². The van der Waals surface area contributed by atoms with Gasteiger partial charge in [0, 0.05) is 35.9 Å². The number of fused-ring (bicyclic) bond motifs is 4. The van der Waals surface area contributed by atoms with Crippen molar-refractivity contribution >= 4 is 32.5 Å². The zero-order chi connectivity index (χ0) is 19.6. The highest BCUT2D eigenvalue weighted by atomic mass is 32.2. The molecule has 6 nitrogen and oxygen atoms in total. The number of anilines is 1. The third-order valence-electron chi connectivity index (χ3n) is 5.67. The van der Waals surface area contributed by atoms with Gasteiger partial charge in [0.2, 0.25) is 15.9 Å². The van der Waals surface area contributed by atoms with Crippen molar-refractivity contribution in [2.75, 3.05) is 18.5 Å². The molecule has 0 fully saturated rings. The fraction of sp³-hybridized carbons (Fsp3) is 0.250. The first kappa shape index (κ1) is 17.4. The number of carbonyl (C=O) groups excluding carboxylic acids is 1. The maximum absolute atomic E-state index is 13.6. The molecule has 2 aliphatic rings. The fourth-order valence-electron chi connectivity index (χ4n) is 4.15. The van der Waals surface area contributed by atoms with E-state index in [1.807, 2.05) is 0 Å². The lowest BCUT2D eigenvalue weighted by Crippen LogP contribution is -2.35. The van der Waals surface area contributed by atoms with Crippen LogP contribution in [-0.2, 0) is 34.2 Å². The molecule has 5 rings (SSSR count). The number of nitrogens with one attached hydrogen (secondary N) is 1. The van der Waals surface area contributed by atoms with E-state index < -0.39 is 10.0 Å². The van der Waals surface area contributed by atoms with Crippen LogP contribution in [0.15, 0.2) is 41.3 Å². The number of halogens is 1. The van der Waals surface area contributed by atoms with Crippen LogP contribution in [0.4, 0.5) is 10.1 Å². The maximum atomic E-state index is 13.6. The van der Waals surface area contributed by atoms with Crippen molar-refractivity contribution in [2.45, 2.75) is 24.3 Å². The Morgan fingerprint density at radius 2 is 1.96 bits per heavy atom. The van der Waals surface area contributed by atoms with Gasteiger partial charge in [-0.05, 0) is 53.9 Å². The van der Waals surface area contributed by atoms with Crippen LogP contribution in [-0.4, -0.2) is 37.2 Å². The summed E-state index contributed by atoms with van der Waals surface area (Å²) in [5, 5.41) is 0.811. The van der Waals surface area contributed by atoms with Gasteiger partial charge in [0.15, 0.2) is 0 Å². The molecule has 0 saturated heterocycles. The van der Waals surface area contributed by atoms with Crippen molar-refractivity contribution in [3.05, 3.63) is 59.0 Å². The van der Waals surface area contributed by atoms with Crippen LogP contribution >= 0.6 is 0 Å². The third-order valence-corrected chi connectivity index (χ3v) is 7.51. The predicted molar refractivity (Wildman–Crippen MR) is 103 cm³/mol. The fourth-order valence-corrected chi connectivity index (χ4v) is 5.61. The third kappa shape index (κ3) is 2.48. The van der Waals surface area contributed by atoms with Gasteiger partial charge in [-0.1, -0.05) is 0 Å². The molecular formula is C20H18FN3O3S. The van der Waals surface area contributed by atoms with Gasteiger partial charge in [-0.15, -0.1) is 0 Å². The van der Waals surface area contributed by atoms with Gasteiger partial charge in [-0.25, -0.2) is 12.8 Å². The monoisotopic (exact) mass is 399 g/mol. The first-order chi connectivity index (χ1) is 13.3. The number of amides is 1. The Bertz CT molecular complexity index is 1250. The van der Waals surface area contributed by atoms with E-state index in [2.05, 4.69) is 4.98 Å². The number of aromatic nitrogens is 1. The van der Waals surface area contributed by atoms with Gasteiger partial charge in [0.1, 0.15) is 5.82 Å². The van der Waals surface area contributed by atoms with Gasteiger partial charge >= 0.3 is 0 Å². The molecule has 144 valence electrons.